The van der Waals surface area contributed by atoms with Crippen LogP contribution in [-0.2, 0) is 14.3 Å². The lowest BCUT2D eigenvalue weighted by Gasteiger charge is -2.37. The summed E-state index contributed by atoms with van der Waals surface area (Å²) in [6.07, 6.45) is 0.139. The van der Waals surface area contributed by atoms with Gasteiger partial charge in [0.2, 0.25) is 5.91 Å². The Balaban J connectivity index is 2.72. The van der Waals surface area contributed by atoms with E-state index in [-0.39, 0.29) is 19.1 Å². The van der Waals surface area contributed by atoms with Gasteiger partial charge in [-0.3, -0.25) is 4.79 Å². The van der Waals surface area contributed by atoms with Crippen molar-refractivity contribution in [2.45, 2.75) is 38.3 Å². The molecule has 1 unspecified atom stereocenters. The van der Waals surface area contributed by atoms with Crippen LogP contribution in [0.4, 0.5) is 0 Å². The van der Waals surface area contributed by atoms with Gasteiger partial charge in [0.05, 0.1) is 18.7 Å². The van der Waals surface area contributed by atoms with Crippen molar-refractivity contribution in [1.29, 1.82) is 0 Å². The zero-order chi connectivity index (χ0) is 13.1. The van der Waals surface area contributed by atoms with E-state index in [4.69, 9.17) is 15.6 Å². The van der Waals surface area contributed by atoms with Crippen LogP contribution in [0.15, 0.2) is 0 Å². The van der Waals surface area contributed by atoms with Gasteiger partial charge in [0, 0.05) is 6.54 Å². The highest BCUT2D eigenvalue weighted by atomic mass is 16.5. The fraction of sp³-hybridized carbons (Fsp3) is 0.818. The second kappa shape index (κ2) is 5.46. The van der Waals surface area contributed by atoms with E-state index in [0.717, 1.165) is 0 Å². The highest BCUT2D eigenvalue weighted by Crippen LogP contribution is 2.17. The number of rotatable bonds is 4. The number of nitrogens with zero attached hydrogens (tertiary/aromatic N) is 1. The maximum absolute atomic E-state index is 12.2. The molecule has 0 aromatic heterocycles. The molecule has 1 amide bonds. The monoisotopic (exact) mass is 244 g/mol. The summed E-state index contributed by atoms with van der Waals surface area (Å²) in [5.41, 5.74) is 5.12. The molecule has 6 heteroatoms. The largest absolute Gasteiger partial charge is 0.479 e. The summed E-state index contributed by atoms with van der Waals surface area (Å²) in [5, 5.41) is 8.86. The molecule has 1 heterocycles. The van der Waals surface area contributed by atoms with Crippen LogP contribution < -0.4 is 5.73 Å². The first-order valence-electron chi connectivity index (χ1n) is 5.87. The summed E-state index contributed by atoms with van der Waals surface area (Å²) >= 11 is 0. The van der Waals surface area contributed by atoms with Gasteiger partial charge in [0.25, 0.3) is 0 Å². The number of hydrogen-bond donors (Lipinski definition) is 2. The second-order valence-electron chi connectivity index (χ2n) is 4.31. The third-order valence-corrected chi connectivity index (χ3v) is 3.32. The molecule has 6 nitrogen and oxygen atoms in total. The molecule has 1 saturated heterocycles. The number of carboxylic acids is 1. The fourth-order valence-corrected chi connectivity index (χ4v) is 1.85. The summed E-state index contributed by atoms with van der Waals surface area (Å²) in [6.45, 7) is 4.44. The van der Waals surface area contributed by atoms with E-state index in [2.05, 4.69) is 0 Å². The Morgan fingerprint density at radius 1 is 1.47 bits per heavy atom. The summed E-state index contributed by atoms with van der Waals surface area (Å²) in [4.78, 5) is 24.5. The quantitative estimate of drug-likeness (QED) is 0.715. The predicted octanol–water partition coefficient (Wildman–Crippen LogP) is -0.184. The SMILES string of the molecule is CCC(N)(CC)C(=O)N1CCOC(C(=O)O)C1. The normalized spacial score (nSPS) is 21.4. The fourth-order valence-electron chi connectivity index (χ4n) is 1.85. The summed E-state index contributed by atoms with van der Waals surface area (Å²) in [6, 6.07) is 0. The van der Waals surface area contributed by atoms with Crippen LogP contribution in [0, 0.1) is 0 Å². The number of hydrogen-bond acceptors (Lipinski definition) is 4. The highest BCUT2D eigenvalue weighted by molar-refractivity contribution is 5.86. The Morgan fingerprint density at radius 2 is 2.06 bits per heavy atom. The zero-order valence-corrected chi connectivity index (χ0v) is 10.3. The van der Waals surface area contributed by atoms with E-state index in [0.29, 0.717) is 19.4 Å². The standard InChI is InChI=1S/C11H20N2O4/c1-3-11(12,4-2)10(16)13-5-6-17-8(7-13)9(14)15/h8H,3-7,12H2,1-2H3,(H,14,15). The molecule has 17 heavy (non-hydrogen) atoms. The first kappa shape index (κ1) is 13.9. The number of carbonyl (C=O) groups is 2. The predicted molar refractivity (Wildman–Crippen MR) is 61.5 cm³/mol. The first-order valence-corrected chi connectivity index (χ1v) is 5.87. The van der Waals surface area contributed by atoms with E-state index < -0.39 is 17.6 Å². The maximum Gasteiger partial charge on any atom is 0.334 e. The molecule has 0 aromatic carbocycles. The minimum absolute atomic E-state index is 0.0765. The molecule has 1 aliphatic rings. The van der Waals surface area contributed by atoms with Gasteiger partial charge in [-0.1, -0.05) is 13.8 Å². The van der Waals surface area contributed by atoms with Gasteiger partial charge in [-0.25, -0.2) is 4.79 Å². The van der Waals surface area contributed by atoms with Crippen LogP contribution in [0.5, 0.6) is 0 Å². The molecule has 0 saturated carbocycles. The number of carbonyl (C=O) groups excluding carboxylic acids is 1. The topological polar surface area (TPSA) is 92.9 Å². The number of carboxylic acid groups (broad SMARTS) is 1. The third-order valence-electron chi connectivity index (χ3n) is 3.32. The van der Waals surface area contributed by atoms with Crippen molar-refractivity contribution in [2.24, 2.45) is 5.73 Å². The van der Waals surface area contributed by atoms with E-state index in [1.807, 2.05) is 13.8 Å². The van der Waals surface area contributed by atoms with E-state index >= 15 is 0 Å². The third kappa shape index (κ3) is 2.95. The molecule has 0 aromatic rings. The van der Waals surface area contributed by atoms with Gasteiger partial charge < -0.3 is 20.5 Å². The number of amides is 1. The molecule has 3 N–H and O–H groups in total. The maximum atomic E-state index is 12.2. The van der Waals surface area contributed by atoms with Crippen molar-refractivity contribution in [3.8, 4) is 0 Å². The number of aliphatic carboxylic acids is 1. The first-order chi connectivity index (χ1) is 7.94. The lowest BCUT2D eigenvalue weighted by atomic mass is 9.92. The van der Waals surface area contributed by atoms with Crippen molar-refractivity contribution >= 4 is 11.9 Å². The Labute approximate surface area is 101 Å². The van der Waals surface area contributed by atoms with Crippen molar-refractivity contribution in [2.75, 3.05) is 19.7 Å². The molecule has 0 radical (unpaired) electrons. The molecule has 1 fully saturated rings. The van der Waals surface area contributed by atoms with Crippen LogP contribution in [-0.4, -0.2) is 53.2 Å². The molecular weight excluding hydrogens is 224 g/mol. The lowest BCUT2D eigenvalue weighted by Crippen LogP contribution is -2.59. The highest BCUT2D eigenvalue weighted by Gasteiger charge is 2.37. The van der Waals surface area contributed by atoms with Crippen LogP contribution in [0.3, 0.4) is 0 Å². The number of ether oxygens (including phenoxy) is 1. The molecule has 1 rings (SSSR count). The minimum atomic E-state index is -1.04. The molecule has 98 valence electrons. The number of nitrogens with two attached hydrogens (primary N) is 1. The van der Waals surface area contributed by atoms with Gasteiger partial charge in [-0.15, -0.1) is 0 Å². The Hall–Kier alpha value is -1.14. The average molecular weight is 244 g/mol. The number of morpholine rings is 1. The van der Waals surface area contributed by atoms with E-state index in [1.165, 1.54) is 4.90 Å². The Morgan fingerprint density at radius 3 is 2.53 bits per heavy atom. The summed E-state index contributed by atoms with van der Waals surface area (Å²) in [7, 11) is 0. The van der Waals surface area contributed by atoms with Gasteiger partial charge in [0.1, 0.15) is 0 Å². The zero-order valence-electron chi connectivity index (χ0n) is 10.3. The Kier molecular flexibility index (Phi) is 4.47. The van der Waals surface area contributed by atoms with Crippen LogP contribution in [0.25, 0.3) is 0 Å². The van der Waals surface area contributed by atoms with Crippen molar-refractivity contribution in [3.63, 3.8) is 0 Å². The average Bonchev–Trinajstić information content (AvgIpc) is 2.37. The van der Waals surface area contributed by atoms with Crippen molar-refractivity contribution in [1.82, 2.24) is 4.90 Å². The second-order valence-corrected chi connectivity index (χ2v) is 4.31. The summed E-state index contributed by atoms with van der Waals surface area (Å²) < 4.78 is 5.07. The van der Waals surface area contributed by atoms with Gasteiger partial charge >= 0.3 is 5.97 Å². The minimum Gasteiger partial charge on any atom is -0.479 e. The Bertz CT molecular complexity index is 302. The van der Waals surface area contributed by atoms with Crippen LogP contribution in [0.1, 0.15) is 26.7 Å². The van der Waals surface area contributed by atoms with E-state index in [1.54, 1.807) is 0 Å². The van der Waals surface area contributed by atoms with Crippen molar-refractivity contribution < 1.29 is 19.4 Å². The van der Waals surface area contributed by atoms with E-state index in [9.17, 15) is 9.59 Å². The van der Waals surface area contributed by atoms with Crippen LogP contribution >= 0.6 is 0 Å². The molecule has 0 spiro atoms. The van der Waals surface area contributed by atoms with Gasteiger partial charge in [-0.2, -0.15) is 0 Å². The molecule has 1 aliphatic heterocycles. The van der Waals surface area contributed by atoms with Gasteiger partial charge in [-0.05, 0) is 12.8 Å². The molecule has 0 aliphatic carbocycles. The van der Waals surface area contributed by atoms with Gasteiger partial charge in [0.15, 0.2) is 6.10 Å². The molecular formula is C11H20N2O4. The van der Waals surface area contributed by atoms with Crippen LogP contribution in [0.2, 0.25) is 0 Å². The smallest absolute Gasteiger partial charge is 0.334 e. The lowest BCUT2D eigenvalue weighted by molar-refractivity contribution is -0.161. The molecule has 0 bridgehead atoms. The summed E-state index contributed by atoms with van der Waals surface area (Å²) in [5.74, 6) is -1.23. The molecule has 1 atom stereocenters. The van der Waals surface area contributed by atoms with Crippen molar-refractivity contribution in [3.05, 3.63) is 0 Å².